The number of aryl methyl sites for hydroxylation is 1. The molecule has 2 unspecified atom stereocenters. The molecule has 0 radical (unpaired) electrons. The quantitative estimate of drug-likeness (QED) is 0.381. The van der Waals surface area contributed by atoms with Crippen molar-refractivity contribution in [1.29, 1.82) is 0 Å². The molecule has 2 heterocycles. The summed E-state index contributed by atoms with van der Waals surface area (Å²) in [5, 5.41) is 11.7. The molecule has 0 spiro atoms. The Balaban J connectivity index is 1.41. The maximum absolute atomic E-state index is 11.7. The van der Waals surface area contributed by atoms with Crippen LogP contribution in [0.5, 0.6) is 5.75 Å². The van der Waals surface area contributed by atoms with Gasteiger partial charge >= 0.3 is 5.97 Å². The van der Waals surface area contributed by atoms with Crippen LogP contribution in [0.3, 0.4) is 0 Å². The molecule has 9 nitrogen and oxygen atoms in total. The van der Waals surface area contributed by atoms with Gasteiger partial charge in [0.15, 0.2) is 5.76 Å². The summed E-state index contributed by atoms with van der Waals surface area (Å²) in [7, 11) is 1.62. The molecule has 36 heavy (non-hydrogen) atoms. The predicted octanol–water partition coefficient (Wildman–Crippen LogP) is 3.15. The van der Waals surface area contributed by atoms with E-state index in [9.17, 15) is 13.6 Å². The molecule has 1 aliphatic heterocycles. The van der Waals surface area contributed by atoms with Crippen LogP contribution in [0.2, 0.25) is 0 Å². The minimum Gasteiger partial charge on any atom is -0.759 e. The highest BCUT2D eigenvalue weighted by Gasteiger charge is 2.28. The van der Waals surface area contributed by atoms with E-state index in [0.717, 1.165) is 37.9 Å². The fourth-order valence-electron chi connectivity index (χ4n) is 4.34. The van der Waals surface area contributed by atoms with Crippen LogP contribution in [0, 0.1) is 18.8 Å². The van der Waals surface area contributed by atoms with E-state index in [2.05, 4.69) is 16.7 Å². The van der Waals surface area contributed by atoms with Crippen molar-refractivity contribution in [2.75, 3.05) is 38.2 Å². The minimum absolute atomic E-state index is 0.252. The standard InChI is InChI=1S/C26H29N3O6S/c1-18(16-26(30)31)29(36(32)33)28-14-12-27(13-15-28)21-7-4-20(5-8-21)6-11-24-19(2)23-10-9-22(34-3)17-25(23)35-24/h4-5,7-10,17-18H,12-16H2,1-3H3,(H,30,31)(H,32,33)/p-1. The topological polar surface area (TPSA) is 110 Å². The lowest BCUT2D eigenvalue weighted by Gasteiger charge is -2.44. The van der Waals surface area contributed by atoms with Crippen LogP contribution in [0.15, 0.2) is 46.9 Å². The van der Waals surface area contributed by atoms with Crippen LogP contribution >= 0.6 is 0 Å². The SMILES string of the molecule is COc1ccc2c(C)c(C#Cc3ccc(N4CCN(N(C(C)CC(=O)O)S(=O)[O-])CC4)cc3)oc2c1. The second-order valence-electron chi connectivity index (χ2n) is 8.62. The van der Waals surface area contributed by atoms with Crippen LogP contribution in [0.25, 0.3) is 11.0 Å². The molecule has 1 aliphatic rings. The number of hydrogen-bond acceptors (Lipinski definition) is 7. The van der Waals surface area contributed by atoms with E-state index in [-0.39, 0.29) is 6.42 Å². The zero-order valence-electron chi connectivity index (χ0n) is 20.4. The third kappa shape index (κ3) is 5.71. The van der Waals surface area contributed by atoms with Crippen molar-refractivity contribution in [3.05, 3.63) is 59.4 Å². The number of fused-ring (bicyclic) bond motifs is 1. The van der Waals surface area contributed by atoms with Crippen LogP contribution < -0.4 is 9.64 Å². The third-order valence-corrected chi connectivity index (χ3v) is 7.13. The average molecular weight is 511 g/mol. The van der Waals surface area contributed by atoms with Crippen molar-refractivity contribution in [3.63, 3.8) is 0 Å². The third-order valence-electron chi connectivity index (χ3n) is 6.23. The van der Waals surface area contributed by atoms with Crippen molar-refractivity contribution in [1.82, 2.24) is 9.42 Å². The largest absolute Gasteiger partial charge is 0.759 e. The Bertz CT molecular complexity index is 1320. The zero-order chi connectivity index (χ0) is 25.8. The summed E-state index contributed by atoms with van der Waals surface area (Å²) in [6.45, 7) is 5.74. The van der Waals surface area contributed by atoms with E-state index in [1.807, 2.05) is 49.4 Å². The van der Waals surface area contributed by atoms with E-state index in [4.69, 9.17) is 14.3 Å². The number of carboxylic acid groups (broad SMARTS) is 1. The smallest absolute Gasteiger partial charge is 0.305 e. The van der Waals surface area contributed by atoms with Crippen molar-refractivity contribution >= 4 is 33.9 Å². The first-order chi connectivity index (χ1) is 17.3. The Labute approximate surface area is 212 Å². The van der Waals surface area contributed by atoms with Crippen LogP contribution in [0.1, 0.15) is 30.2 Å². The van der Waals surface area contributed by atoms with Crippen LogP contribution in [-0.4, -0.2) is 68.6 Å². The van der Waals surface area contributed by atoms with E-state index >= 15 is 0 Å². The van der Waals surface area contributed by atoms with Gasteiger partial charge in [0.1, 0.15) is 11.3 Å². The number of piperazine rings is 1. The number of carboxylic acids is 1. The van der Waals surface area contributed by atoms with Gasteiger partial charge < -0.3 is 23.7 Å². The van der Waals surface area contributed by atoms with E-state index < -0.39 is 23.3 Å². The van der Waals surface area contributed by atoms with Gasteiger partial charge in [0.2, 0.25) is 0 Å². The molecule has 0 saturated carbocycles. The molecule has 2 aromatic carbocycles. The van der Waals surface area contributed by atoms with Crippen LogP contribution in [0.4, 0.5) is 5.69 Å². The molecule has 4 rings (SSSR count). The highest BCUT2D eigenvalue weighted by Crippen LogP contribution is 2.28. The summed E-state index contributed by atoms with van der Waals surface area (Å²) in [6.07, 6.45) is -0.252. The first-order valence-electron chi connectivity index (χ1n) is 11.6. The molecule has 190 valence electrons. The normalized spacial score (nSPS) is 16.0. The van der Waals surface area contributed by atoms with E-state index in [1.54, 1.807) is 19.0 Å². The molecular weight excluding hydrogens is 482 g/mol. The molecule has 1 N–H and O–H groups in total. The Kier molecular flexibility index (Phi) is 7.96. The van der Waals surface area contributed by atoms with E-state index in [0.29, 0.717) is 31.9 Å². The first kappa shape index (κ1) is 25.7. The second-order valence-corrected chi connectivity index (χ2v) is 9.43. The Morgan fingerprint density at radius 2 is 1.89 bits per heavy atom. The molecule has 1 aromatic heterocycles. The van der Waals surface area contributed by atoms with Gasteiger partial charge in [-0.15, -0.1) is 0 Å². The van der Waals surface area contributed by atoms with Gasteiger partial charge in [-0.2, -0.15) is 4.41 Å². The van der Waals surface area contributed by atoms with Crippen molar-refractivity contribution in [2.24, 2.45) is 0 Å². The maximum atomic E-state index is 11.7. The molecule has 0 amide bonds. The lowest BCUT2D eigenvalue weighted by molar-refractivity contribution is -0.139. The predicted molar refractivity (Wildman–Crippen MR) is 136 cm³/mol. The summed E-state index contributed by atoms with van der Waals surface area (Å²) in [5.74, 6) is 6.61. The van der Waals surface area contributed by atoms with Gasteiger partial charge in [0.25, 0.3) is 0 Å². The monoisotopic (exact) mass is 510 g/mol. The lowest BCUT2D eigenvalue weighted by Crippen LogP contribution is -2.57. The van der Waals surface area contributed by atoms with Gasteiger partial charge in [-0.3, -0.25) is 9.00 Å². The van der Waals surface area contributed by atoms with Gasteiger partial charge in [-0.05, 0) is 56.2 Å². The van der Waals surface area contributed by atoms with Gasteiger partial charge in [-0.1, -0.05) is 5.92 Å². The van der Waals surface area contributed by atoms with Gasteiger partial charge in [-0.25, -0.2) is 5.01 Å². The number of nitrogens with zero attached hydrogens (tertiary/aromatic N) is 3. The molecule has 3 aromatic rings. The molecule has 2 atom stereocenters. The zero-order valence-corrected chi connectivity index (χ0v) is 21.2. The number of furan rings is 1. The number of carbonyl (C=O) groups is 1. The lowest BCUT2D eigenvalue weighted by atomic mass is 10.1. The number of benzene rings is 2. The van der Waals surface area contributed by atoms with Crippen LogP contribution in [-0.2, 0) is 16.1 Å². The molecular formula is C26H28N3O6S-. The highest BCUT2D eigenvalue weighted by atomic mass is 32.2. The van der Waals surface area contributed by atoms with Crippen molar-refractivity contribution in [3.8, 4) is 17.6 Å². The Hall–Kier alpha value is -3.36. The number of anilines is 1. The van der Waals surface area contributed by atoms with Crippen molar-refractivity contribution in [2.45, 2.75) is 26.3 Å². The van der Waals surface area contributed by atoms with Crippen molar-refractivity contribution < 1.29 is 27.8 Å². The summed E-state index contributed by atoms with van der Waals surface area (Å²) in [4.78, 5) is 13.2. The summed E-state index contributed by atoms with van der Waals surface area (Å²) in [5.41, 5.74) is 3.59. The number of ether oxygens (including phenoxy) is 1. The number of methoxy groups -OCH3 is 1. The Morgan fingerprint density at radius 1 is 1.19 bits per heavy atom. The Morgan fingerprint density at radius 3 is 2.50 bits per heavy atom. The number of hydrazine groups is 1. The maximum Gasteiger partial charge on any atom is 0.305 e. The fourth-order valence-corrected chi connectivity index (χ4v) is 5.06. The summed E-state index contributed by atoms with van der Waals surface area (Å²) >= 11 is -2.54. The molecule has 10 heteroatoms. The minimum atomic E-state index is -2.54. The first-order valence-corrected chi connectivity index (χ1v) is 12.6. The molecule has 0 bridgehead atoms. The van der Waals surface area contributed by atoms with E-state index in [1.165, 1.54) is 0 Å². The summed E-state index contributed by atoms with van der Waals surface area (Å²) in [6, 6.07) is 12.9. The van der Waals surface area contributed by atoms with Gasteiger partial charge in [0, 0.05) is 71.8 Å². The number of rotatable bonds is 7. The van der Waals surface area contributed by atoms with Gasteiger partial charge in [0.05, 0.1) is 13.5 Å². The average Bonchev–Trinajstić information content (AvgIpc) is 3.17. The number of hydrogen-bond donors (Lipinski definition) is 1. The fraction of sp³-hybridized carbons (Fsp3) is 0.346. The highest BCUT2D eigenvalue weighted by molar-refractivity contribution is 7.76. The number of aliphatic carboxylic acids is 1. The summed E-state index contributed by atoms with van der Waals surface area (Å²) < 4.78 is 35.8. The molecule has 0 aliphatic carbocycles. The molecule has 1 fully saturated rings. The second kappa shape index (κ2) is 11.1. The molecule has 1 saturated heterocycles.